The van der Waals surface area contributed by atoms with Gasteiger partial charge in [0.25, 0.3) is 0 Å². The molecular weight excluding hydrogens is 268 g/mol. The molecule has 0 radical (unpaired) electrons. The topological polar surface area (TPSA) is 55.1 Å². The number of hydrogen-bond acceptors (Lipinski definition) is 3. The third-order valence-electron chi connectivity index (χ3n) is 3.79. The maximum atomic E-state index is 12.1. The van der Waals surface area contributed by atoms with Crippen LogP contribution in [0.3, 0.4) is 0 Å². The summed E-state index contributed by atoms with van der Waals surface area (Å²) in [6.07, 6.45) is 4.74. The van der Waals surface area contributed by atoms with E-state index in [4.69, 9.17) is 5.73 Å². The third-order valence-corrected chi connectivity index (χ3v) is 4.90. The van der Waals surface area contributed by atoms with Gasteiger partial charge < -0.3 is 11.1 Å². The number of benzene rings is 1. The van der Waals surface area contributed by atoms with Crippen LogP contribution < -0.4 is 11.1 Å². The van der Waals surface area contributed by atoms with E-state index in [2.05, 4.69) is 5.32 Å². The van der Waals surface area contributed by atoms with Crippen molar-refractivity contribution in [2.75, 3.05) is 0 Å². The molecule has 0 aromatic heterocycles. The molecule has 1 saturated carbocycles. The van der Waals surface area contributed by atoms with E-state index in [0.717, 1.165) is 23.3 Å². The van der Waals surface area contributed by atoms with E-state index >= 15 is 0 Å². The fraction of sp³-hybridized carbons (Fsp3) is 0.562. The van der Waals surface area contributed by atoms with Crippen LogP contribution in [0.15, 0.2) is 29.2 Å². The van der Waals surface area contributed by atoms with Gasteiger partial charge in [0.2, 0.25) is 5.91 Å². The second-order valence-electron chi connectivity index (χ2n) is 5.61. The Morgan fingerprint density at radius 3 is 2.40 bits per heavy atom. The largest absolute Gasteiger partial charge is 0.352 e. The fourth-order valence-corrected chi connectivity index (χ4v) is 3.37. The molecule has 110 valence electrons. The number of thioether (sulfide) groups is 1. The van der Waals surface area contributed by atoms with Gasteiger partial charge in [-0.1, -0.05) is 25.0 Å². The Labute approximate surface area is 125 Å². The fourth-order valence-electron chi connectivity index (χ4n) is 2.50. The van der Waals surface area contributed by atoms with Crippen LogP contribution in [0.5, 0.6) is 0 Å². The first-order valence-electron chi connectivity index (χ1n) is 7.39. The summed E-state index contributed by atoms with van der Waals surface area (Å²) in [5.41, 5.74) is 6.96. The molecule has 0 spiro atoms. The number of carbonyl (C=O) groups excluding carboxylic acids is 1. The molecule has 2 unspecified atom stereocenters. The van der Waals surface area contributed by atoms with Crippen molar-refractivity contribution in [1.82, 2.24) is 5.32 Å². The molecule has 0 aliphatic heterocycles. The zero-order valence-corrected chi connectivity index (χ0v) is 13.1. The Balaban J connectivity index is 1.86. The lowest BCUT2D eigenvalue weighted by Crippen LogP contribution is -2.37. The Morgan fingerprint density at radius 1 is 1.25 bits per heavy atom. The summed E-state index contributed by atoms with van der Waals surface area (Å²) >= 11 is 1.60. The summed E-state index contributed by atoms with van der Waals surface area (Å²) in [5.74, 6) is 0.151. The zero-order chi connectivity index (χ0) is 14.5. The van der Waals surface area contributed by atoms with Gasteiger partial charge in [0.05, 0.1) is 5.25 Å². The standard InChI is InChI=1S/C16H24N2OS/c1-11(17)13-7-9-15(10-8-13)20-12(2)16(19)18-14-5-3-4-6-14/h7-12,14H,3-6,17H2,1-2H3,(H,18,19). The molecule has 1 aromatic rings. The minimum Gasteiger partial charge on any atom is -0.352 e. The van der Waals surface area contributed by atoms with Crippen LogP contribution >= 0.6 is 11.8 Å². The van der Waals surface area contributed by atoms with E-state index in [9.17, 15) is 4.79 Å². The summed E-state index contributed by atoms with van der Waals surface area (Å²) < 4.78 is 0. The number of carbonyl (C=O) groups is 1. The van der Waals surface area contributed by atoms with E-state index < -0.39 is 0 Å². The van der Waals surface area contributed by atoms with Gasteiger partial charge in [-0.2, -0.15) is 0 Å². The van der Waals surface area contributed by atoms with Crippen molar-refractivity contribution in [1.29, 1.82) is 0 Å². The Kier molecular flexibility index (Phi) is 5.49. The van der Waals surface area contributed by atoms with Crippen LogP contribution in [-0.4, -0.2) is 17.2 Å². The van der Waals surface area contributed by atoms with E-state index in [-0.39, 0.29) is 17.2 Å². The lowest BCUT2D eigenvalue weighted by atomic mass is 10.1. The van der Waals surface area contributed by atoms with Crippen molar-refractivity contribution < 1.29 is 4.79 Å². The van der Waals surface area contributed by atoms with Crippen LogP contribution in [0.4, 0.5) is 0 Å². The molecule has 20 heavy (non-hydrogen) atoms. The molecule has 1 amide bonds. The van der Waals surface area contributed by atoms with Gasteiger partial charge in [0.15, 0.2) is 0 Å². The summed E-state index contributed by atoms with van der Waals surface area (Å²) in [6, 6.07) is 8.61. The second kappa shape index (κ2) is 7.14. The molecule has 1 aliphatic rings. The number of rotatable bonds is 5. The van der Waals surface area contributed by atoms with Crippen LogP contribution in [0.1, 0.15) is 51.1 Å². The van der Waals surface area contributed by atoms with Crippen molar-refractivity contribution in [3.63, 3.8) is 0 Å². The van der Waals surface area contributed by atoms with Crippen molar-refractivity contribution >= 4 is 17.7 Å². The molecule has 4 heteroatoms. The second-order valence-corrected chi connectivity index (χ2v) is 7.02. The zero-order valence-electron chi connectivity index (χ0n) is 12.3. The molecule has 0 heterocycles. The van der Waals surface area contributed by atoms with Crippen molar-refractivity contribution in [2.45, 2.75) is 61.8 Å². The number of amides is 1. The quantitative estimate of drug-likeness (QED) is 0.819. The van der Waals surface area contributed by atoms with Gasteiger partial charge in [-0.3, -0.25) is 4.79 Å². The van der Waals surface area contributed by atoms with Gasteiger partial charge in [-0.05, 0) is 44.4 Å². The number of nitrogens with two attached hydrogens (primary N) is 1. The first-order valence-corrected chi connectivity index (χ1v) is 8.27. The Hall–Kier alpha value is -1.00. The predicted molar refractivity (Wildman–Crippen MR) is 84.8 cm³/mol. The summed E-state index contributed by atoms with van der Waals surface area (Å²) in [6.45, 7) is 3.94. The number of hydrogen-bond donors (Lipinski definition) is 2. The minimum atomic E-state index is -0.0586. The van der Waals surface area contributed by atoms with Gasteiger partial charge >= 0.3 is 0 Å². The average molecular weight is 292 g/mol. The molecule has 1 fully saturated rings. The maximum Gasteiger partial charge on any atom is 0.233 e. The van der Waals surface area contributed by atoms with Crippen LogP contribution in [0, 0.1) is 0 Å². The van der Waals surface area contributed by atoms with Gasteiger partial charge in [-0.25, -0.2) is 0 Å². The van der Waals surface area contributed by atoms with E-state index in [1.165, 1.54) is 12.8 Å². The first-order chi connectivity index (χ1) is 9.56. The molecule has 1 aliphatic carbocycles. The Morgan fingerprint density at radius 2 is 1.85 bits per heavy atom. The van der Waals surface area contributed by atoms with Gasteiger partial charge in [-0.15, -0.1) is 11.8 Å². The van der Waals surface area contributed by atoms with Crippen molar-refractivity contribution in [2.24, 2.45) is 5.73 Å². The Bertz CT molecular complexity index is 438. The van der Waals surface area contributed by atoms with Crippen LogP contribution in [-0.2, 0) is 4.79 Å². The van der Waals surface area contributed by atoms with Gasteiger partial charge in [0, 0.05) is 17.0 Å². The molecule has 0 bridgehead atoms. The molecule has 0 saturated heterocycles. The van der Waals surface area contributed by atoms with Crippen LogP contribution in [0.2, 0.25) is 0 Å². The minimum absolute atomic E-state index is 0.0529. The summed E-state index contributed by atoms with van der Waals surface area (Å²) in [5, 5.41) is 3.09. The molecule has 2 rings (SSSR count). The lowest BCUT2D eigenvalue weighted by molar-refractivity contribution is -0.120. The van der Waals surface area contributed by atoms with Crippen molar-refractivity contribution in [3.05, 3.63) is 29.8 Å². The molecule has 3 nitrogen and oxygen atoms in total. The third kappa shape index (κ3) is 4.25. The van der Waals surface area contributed by atoms with E-state index in [1.807, 2.05) is 38.1 Å². The monoisotopic (exact) mass is 292 g/mol. The highest BCUT2D eigenvalue weighted by atomic mass is 32.2. The molecule has 1 aromatic carbocycles. The highest BCUT2D eigenvalue weighted by Crippen LogP contribution is 2.25. The molecule has 2 atom stereocenters. The van der Waals surface area contributed by atoms with Gasteiger partial charge in [0.1, 0.15) is 0 Å². The maximum absolute atomic E-state index is 12.1. The van der Waals surface area contributed by atoms with Crippen LogP contribution in [0.25, 0.3) is 0 Å². The normalized spacial score (nSPS) is 18.8. The van der Waals surface area contributed by atoms with E-state index in [0.29, 0.717) is 6.04 Å². The molecular formula is C16H24N2OS. The smallest absolute Gasteiger partial charge is 0.233 e. The van der Waals surface area contributed by atoms with E-state index in [1.54, 1.807) is 11.8 Å². The first kappa shape index (κ1) is 15.4. The average Bonchev–Trinajstić information content (AvgIpc) is 2.92. The highest BCUT2D eigenvalue weighted by molar-refractivity contribution is 8.00. The SMILES string of the molecule is CC(Sc1ccc(C(C)N)cc1)C(=O)NC1CCCC1. The van der Waals surface area contributed by atoms with Crippen molar-refractivity contribution in [3.8, 4) is 0 Å². The molecule has 3 N–H and O–H groups in total. The predicted octanol–water partition coefficient (Wildman–Crippen LogP) is 3.25. The number of nitrogens with one attached hydrogen (secondary N) is 1. The lowest BCUT2D eigenvalue weighted by Gasteiger charge is -2.16. The summed E-state index contributed by atoms with van der Waals surface area (Å²) in [4.78, 5) is 13.2. The highest BCUT2D eigenvalue weighted by Gasteiger charge is 2.21. The summed E-state index contributed by atoms with van der Waals surface area (Å²) in [7, 11) is 0.